The number of aryl methyl sites for hydroxylation is 2. The number of anilines is 2. The summed E-state index contributed by atoms with van der Waals surface area (Å²) in [6.45, 7) is 4.03. The fraction of sp³-hybridized carbons (Fsp3) is 0.125. The van der Waals surface area contributed by atoms with Crippen molar-refractivity contribution >= 4 is 38.4 Å². The number of hydrogen-bond acceptors (Lipinski definition) is 3. The summed E-state index contributed by atoms with van der Waals surface area (Å²) in [7, 11) is 0. The van der Waals surface area contributed by atoms with Crippen LogP contribution in [0.2, 0.25) is 0 Å². The molecule has 2 N–H and O–H groups in total. The molecule has 3 rings (SSSR count). The van der Waals surface area contributed by atoms with Crippen molar-refractivity contribution in [2.45, 2.75) is 13.8 Å². The molecule has 1 aromatic heterocycles. The van der Waals surface area contributed by atoms with Crippen molar-refractivity contribution in [2.75, 3.05) is 10.6 Å². The average molecular weight is 315 g/mol. The molecule has 0 atom stereocenters. The van der Waals surface area contributed by atoms with Crippen LogP contribution < -0.4 is 10.6 Å². The number of carbonyl (C=O) groups excluding carboxylic acids is 1. The highest BCUT2D eigenvalue weighted by atomic mass is 32.1. The number of aromatic nitrogens is 1. The SMILES string of the molecule is Cc1cc(C)c2nc(NC(=O)Nc3ccc(F)cc3)sc2c1. The Morgan fingerprint density at radius 2 is 1.86 bits per heavy atom. The van der Waals surface area contributed by atoms with E-state index in [2.05, 4.69) is 21.7 Å². The number of rotatable bonds is 2. The first kappa shape index (κ1) is 14.5. The van der Waals surface area contributed by atoms with E-state index in [0.29, 0.717) is 10.8 Å². The Labute approximate surface area is 131 Å². The monoisotopic (exact) mass is 315 g/mol. The predicted molar refractivity (Wildman–Crippen MR) is 88.1 cm³/mol. The first-order valence-corrected chi connectivity index (χ1v) is 7.54. The highest BCUT2D eigenvalue weighted by Crippen LogP contribution is 2.29. The molecule has 0 fully saturated rings. The van der Waals surface area contributed by atoms with E-state index < -0.39 is 6.03 Å². The zero-order valence-electron chi connectivity index (χ0n) is 12.1. The van der Waals surface area contributed by atoms with E-state index in [-0.39, 0.29) is 5.82 Å². The zero-order chi connectivity index (χ0) is 15.7. The fourth-order valence-corrected chi connectivity index (χ4v) is 3.25. The van der Waals surface area contributed by atoms with E-state index in [1.54, 1.807) is 0 Å². The summed E-state index contributed by atoms with van der Waals surface area (Å²) < 4.78 is 13.9. The van der Waals surface area contributed by atoms with Crippen LogP contribution in [0.5, 0.6) is 0 Å². The number of thiazole rings is 1. The lowest BCUT2D eigenvalue weighted by molar-refractivity contribution is 0.262. The van der Waals surface area contributed by atoms with Crippen molar-refractivity contribution in [3.8, 4) is 0 Å². The molecule has 0 aliphatic rings. The second-order valence-corrected chi connectivity index (χ2v) is 6.06. The van der Waals surface area contributed by atoms with Gasteiger partial charge in [0, 0.05) is 5.69 Å². The van der Waals surface area contributed by atoms with E-state index in [4.69, 9.17) is 0 Å². The van der Waals surface area contributed by atoms with Crippen LogP contribution in [0, 0.1) is 19.7 Å². The largest absolute Gasteiger partial charge is 0.325 e. The second-order valence-electron chi connectivity index (χ2n) is 5.03. The van der Waals surface area contributed by atoms with E-state index in [1.807, 2.05) is 19.9 Å². The summed E-state index contributed by atoms with van der Waals surface area (Å²) in [5.74, 6) is -0.344. The van der Waals surface area contributed by atoms with E-state index in [9.17, 15) is 9.18 Å². The molecular weight excluding hydrogens is 301 g/mol. The van der Waals surface area contributed by atoms with Crippen LogP contribution >= 0.6 is 11.3 Å². The lowest BCUT2D eigenvalue weighted by Gasteiger charge is -2.04. The maximum absolute atomic E-state index is 12.8. The summed E-state index contributed by atoms with van der Waals surface area (Å²) in [5.41, 5.74) is 3.66. The van der Waals surface area contributed by atoms with Gasteiger partial charge in [0.15, 0.2) is 5.13 Å². The minimum absolute atomic E-state index is 0.344. The van der Waals surface area contributed by atoms with E-state index in [0.717, 1.165) is 21.3 Å². The molecule has 3 aromatic rings. The lowest BCUT2D eigenvalue weighted by atomic mass is 10.1. The molecule has 2 amide bonds. The van der Waals surface area contributed by atoms with Crippen molar-refractivity contribution in [1.29, 1.82) is 0 Å². The van der Waals surface area contributed by atoms with Gasteiger partial charge in [-0.2, -0.15) is 0 Å². The van der Waals surface area contributed by atoms with Crippen LogP contribution in [-0.2, 0) is 0 Å². The summed E-state index contributed by atoms with van der Waals surface area (Å²) in [5, 5.41) is 5.87. The third kappa shape index (κ3) is 3.07. The molecule has 0 unspecified atom stereocenters. The Bertz CT molecular complexity index is 842. The summed E-state index contributed by atoms with van der Waals surface area (Å²) >= 11 is 1.42. The van der Waals surface area contributed by atoms with E-state index >= 15 is 0 Å². The van der Waals surface area contributed by atoms with Gasteiger partial charge in [0.05, 0.1) is 10.2 Å². The van der Waals surface area contributed by atoms with Gasteiger partial charge in [-0.3, -0.25) is 5.32 Å². The van der Waals surface area contributed by atoms with Gasteiger partial charge in [0.25, 0.3) is 0 Å². The van der Waals surface area contributed by atoms with Crippen LogP contribution in [0.3, 0.4) is 0 Å². The zero-order valence-corrected chi connectivity index (χ0v) is 12.9. The lowest BCUT2D eigenvalue weighted by Crippen LogP contribution is -2.19. The van der Waals surface area contributed by atoms with Gasteiger partial charge in [-0.15, -0.1) is 0 Å². The molecule has 0 aliphatic heterocycles. The quantitative estimate of drug-likeness (QED) is 0.720. The van der Waals surface area contributed by atoms with Crippen LogP contribution in [0.4, 0.5) is 20.0 Å². The van der Waals surface area contributed by atoms with Gasteiger partial charge in [0.1, 0.15) is 5.82 Å². The second kappa shape index (κ2) is 5.73. The van der Waals surface area contributed by atoms with Gasteiger partial charge in [-0.25, -0.2) is 14.2 Å². The first-order valence-electron chi connectivity index (χ1n) is 6.72. The van der Waals surface area contributed by atoms with Crippen LogP contribution in [-0.4, -0.2) is 11.0 Å². The molecule has 0 saturated heterocycles. The predicted octanol–water partition coefficient (Wildman–Crippen LogP) is 4.70. The number of urea groups is 1. The Balaban J connectivity index is 1.76. The Kier molecular flexibility index (Phi) is 3.77. The number of carbonyl (C=O) groups is 1. The highest BCUT2D eigenvalue weighted by Gasteiger charge is 2.10. The molecule has 112 valence electrons. The summed E-state index contributed by atoms with van der Waals surface area (Å²) in [4.78, 5) is 16.4. The van der Waals surface area contributed by atoms with Gasteiger partial charge >= 0.3 is 6.03 Å². The molecule has 0 saturated carbocycles. The highest BCUT2D eigenvalue weighted by molar-refractivity contribution is 7.22. The standard InChI is InChI=1S/C16H14FN3OS/c1-9-7-10(2)14-13(8-9)22-16(19-14)20-15(21)18-12-5-3-11(17)4-6-12/h3-8H,1-2H3,(H2,18,19,20,21). The number of amides is 2. The topological polar surface area (TPSA) is 54.0 Å². The minimum atomic E-state index is -0.403. The number of nitrogens with zero attached hydrogens (tertiary/aromatic N) is 1. The maximum Gasteiger partial charge on any atom is 0.325 e. The number of benzene rings is 2. The molecular formula is C16H14FN3OS. The molecule has 22 heavy (non-hydrogen) atoms. The summed E-state index contributed by atoms with van der Waals surface area (Å²) in [6, 6.07) is 9.29. The van der Waals surface area contributed by atoms with Crippen LogP contribution in [0.25, 0.3) is 10.2 Å². The van der Waals surface area contributed by atoms with Crippen LogP contribution in [0.1, 0.15) is 11.1 Å². The third-order valence-electron chi connectivity index (χ3n) is 3.15. The molecule has 4 nitrogen and oxygen atoms in total. The van der Waals surface area contributed by atoms with Gasteiger partial charge < -0.3 is 5.32 Å². The average Bonchev–Trinajstić information content (AvgIpc) is 2.84. The van der Waals surface area contributed by atoms with Crippen molar-refractivity contribution in [2.24, 2.45) is 0 Å². The number of fused-ring (bicyclic) bond motifs is 1. The van der Waals surface area contributed by atoms with Gasteiger partial charge in [-0.05, 0) is 55.3 Å². The smallest absolute Gasteiger partial charge is 0.308 e. The molecule has 0 bridgehead atoms. The number of hydrogen-bond donors (Lipinski definition) is 2. The Hall–Kier alpha value is -2.47. The van der Waals surface area contributed by atoms with Crippen molar-refractivity contribution in [1.82, 2.24) is 4.98 Å². The molecule has 0 spiro atoms. The third-order valence-corrected chi connectivity index (χ3v) is 4.07. The first-order chi connectivity index (χ1) is 10.5. The van der Waals surface area contributed by atoms with Crippen molar-refractivity contribution < 1.29 is 9.18 Å². The maximum atomic E-state index is 12.8. The van der Waals surface area contributed by atoms with Gasteiger partial charge in [-0.1, -0.05) is 17.4 Å². The Morgan fingerprint density at radius 3 is 2.59 bits per heavy atom. The normalized spacial score (nSPS) is 10.7. The van der Waals surface area contributed by atoms with E-state index in [1.165, 1.54) is 35.6 Å². The molecule has 1 heterocycles. The molecule has 0 aliphatic carbocycles. The molecule has 2 aromatic carbocycles. The minimum Gasteiger partial charge on any atom is -0.308 e. The van der Waals surface area contributed by atoms with Crippen molar-refractivity contribution in [3.05, 3.63) is 53.3 Å². The van der Waals surface area contributed by atoms with Crippen molar-refractivity contribution in [3.63, 3.8) is 0 Å². The van der Waals surface area contributed by atoms with Crippen LogP contribution in [0.15, 0.2) is 36.4 Å². The molecule has 6 heteroatoms. The Morgan fingerprint density at radius 1 is 1.14 bits per heavy atom. The van der Waals surface area contributed by atoms with Gasteiger partial charge in [0.2, 0.25) is 0 Å². The number of nitrogens with one attached hydrogen (secondary N) is 2. The fourth-order valence-electron chi connectivity index (χ4n) is 2.22. The number of halogens is 1. The summed E-state index contributed by atoms with van der Waals surface area (Å²) in [6.07, 6.45) is 0. The molecule has 0 radical (unpaired) electrons.